The zero-order valence-corrected chi connectivity index (χ0v) is 9.40. The summed E-state index contributed by atoms with van der Waals surface area (Å²) in [5.74, 6) is 0. The van der Waals surface area contributed by atoms with Crippen LogP contribution in [0.3, 0.4) is 0 Å². The van der Waals surface area contributed by atoms with Gasteiger partial charge < -0.3 is 10.6 Å². The van der Waals surface area contributed by atoms with Gasteiger partial charge >= 0.3 is 6.03 Å². The van der Waals surface area contributed by atoms with E-state index in [4.69, 9.17) is 0 Å². The maximum Gasteiger partial charge on any atom is 0.315 e. The smallest absolute Gasteiger partial charge is 0.315 e. The molecule has 0 aliphatic heterocycles. The van der Waals surface area contributed by atoms with Crippen molar-refractivity contribution < 1.29 is 4.79 Å². The maximum absolute atomic E-state index is 11.3. The number of nitrogens with zero attached hydrogens (tertiary/aromatic N) is 2. The molecule has 0 aliphatic rings. The quantitative estimate of drug-likeness (QED) is 0.778. The Hall–Kier alpha value is -1.52. The lowest BCUT2D eigenvalue weighted by molar-refractivity contribution is 0.234. The van der Waals surface area contributed by atoms with Gasteiger partial charge in [0.2, 0.25) is 0 Å². The van der Waals surface area contributed by atoms with Gasteiger partial charge in [-0.3, -0.25) is 4.68 Å². The lowest BCUT2D eigenvalue weighted by Gasteiger charge is -2.16. The third-order valence-electron chi connectivity index (χ3n) is 1.82. The first-order valence-electron chi connectivity index (χ1n) is 5.12. The molecule has 2 amide bonds. The van der Waals surface area contributed by atoms with E-state index in [0.717, 1.165) is 0 Å². The number of carbonyl (C=O) groups excluding carboxylic acids is 1. The summed E-state index contributed by atoms with van der Waals surface area (Å²) in [6.45, 7) is 6.48. The fourth-order valence-electron chi connectivity index (χ4n) is 1.26. The minimum Gasteiger partial charge on any atom is -0.336 e. The molecule has 0 fully saturated rings. The fraction of sp³-hybridized carbons (Fsp3) is 0.600. The SMILES string of the molecule is CC(C)NC(=O)NC(C)Cn1cccn1. The second-order valence-corrected chi connectivity index (χ2v) is 3.90. The van der Waals surface area contributed by atoms with Crippen molar-refractivity contribution in [2.75, 3.05) is 0 Å². The molecule has 0 saturated heterocycles. The van der Waals surface area contributed by atoms with Crippen molar-refractivity contribution >= 4 is 6.03 Å². The molecule has 0 saturated carbocycles. The van der Waals surface area contributed by atoms with Gasteiger partial charge in [0.25, 0.3) is 0 Å². The molecule has 1 rings (SSSR count). The van der Waals surface area contributed by atoms with Gasteiger partial charge in [-0.2, -0.15) is 5.10 Å². The largest absolute Gasteiger partial charge is 0.336 e. The van der Waals surface area contributed by atoms with Gasteiger partial charge in [0, 0.05) is 24.5 Å². The van der Waals surface area contributed by atoms with E-state index in [0.29, 0.717) is 6.54 Å². The average Bonchev–Trinajstić information content (AvgIpc) is 2.53. The van der Waals surface area contributed by atoms with Crippen LogP contribution in [0.4, 0.5) is 4.79 Å². The molecule has 0 aromatic carbocycles. The molecule has 15 heavy (non-hydrogen) atoms. The van der Waals surface area contributed by atoms with Crippen molar-refractivity contribution in [2.45, 2.75) is 39.4 Å². The monoisotopic (exact) mass is 210 g/mol. The summed E-state index contributed by atoms with van der Waals surface area (Å²) in [7, 11) is 0. The first-order valence-corrected chi connectivity index (χ1v) is 5.12. The zero-order chi connectivity index (χ0) is 11.3. The number of aromatic nitrogens is 2. The molecule has 84 valence electrons. The third-order valence-corrected chi connectivity index (χ3v) is 1.82. The van der Waals surface area contributed by atoms with Crippen LogP contribution >= 0.6 is 0 Å². The van der Waals surface area contributed by atoms with Crippen LogP contribution in [-0.2, 0) is 6.54 Å². The Bertz CT molecular complexity index is 294. The molecule has 1 aromatic heterocycles. The molecule has 5 nitrogen and oxygen atoms in total. The number of hydrogen-bond donors (Lipinski definition) is 2. The molecule has 1 atom stereocenters. The molecule has 0 spiro atoms. The van der Waals surface area contributed by atoms with Gasteiger partial charge in [-0.25, -0.2) is 4.79 Å². The maximum atomic E-state index is 11.3. The summed E-state index contributed by atoms with van der Waals surface area (Å²) in [4.78, 5) is 11.3. The van der Waals surface area contributed by atoms with Gasteiger partial charge in [-0.1, -0.05) is 0 Å². The minimum atomic E-state index is -0.135. The number of hydrogen-bond acceptors (Lipinski definition) is 2. The predicted octanol–water partition coefficient (Wildman–Crippen LogP) is 0.979. The van der Waals surface area contributed by atoms with Crippen LogP contribution in [0.2, 0.25) is 0 Å². The molecular formula is C10H18N4O. The average molecular weight is 210 g/mol. The summed E-state index contributed by atoms with van der Waals surface area (Å²) in [5.41, 5.74) is 0. The minimum absolute atomic E-state index is 0.0589. The predicted molar refractivity (Wildman–Crippen MR) is 58.5 cm³/mol. The fourth-order valence-corrected chi connectivity index (χ4v) is 1.26. The van der Waals surface area contributed by atoms with E-state index >= 15 is 0 Å². The van der Waals surface area contributed by atoms with Crippen molar-refractivity contribution in [1.82, 2.24) is 20.4 Å². The number of nitrogens with one attached hydrogen (secondary N) is 2. The third kappa shape index (κ3) is 4.49. The topological polar surface area (TPSA) is 59.0 Å². The molecule has 0 radical (unpaired) electrons. The summed E-state index contributed by atoms with van der Waals surface area (Å²) in [6.07, 6.45) is 3.60. The van der Waals surface area contributed by atoms with Crippen LogP contribution in [0, 0.1) is 0 Å². The molecule has 2 N–H and O–H groups in total. The van der Waals surface area contributed by atoms with Crippen molar-refractivity contribution in [2.24, 2.45) is 0 Å². The second kappa shape index (κ2) is 5.38. The van der Waals surface area contributed by atoms with Crippen molar-refractivity contribution in [3.05, 3.63) is 18.5 Å². The van der Waals surface area contributed by atoms with Crippen LogP contribution in [0.15, 0.2) is 18.5 Å². The second-order valence-electron chi connectivity index (χ2n) is 3.90. The van der Waals surface area contributed by atoms with E-state index in [9.17, 15) is 4.79 Å². The van der Waals surface area contributed by atoms with Crippen LogP contribution < -0.4 is 10.6 Å². The van der Waals surface area contributed by atoms with E-state index in [-0.39, 0.29) is 18.1 Å². The number of urea groups is 1. The van der Waals surface area contributed by atoms with E-state index < -0.39 is 0 Å². The number of amides is 2. The lowest BCUT2D eigenvalue weighted by Crippen LogP contribution is -2.44. The molecule has 0 aliphatic carbocycles. The first-order chi connectivity index (χ1) is 7.08. The summed E-state index contributed by atoms with van der Waals surface area (Å²) < 4.78 is 1.79. The summed E-state index contributed by atoms with van der Waals surface area (Å²) in [5, 5.41) is 9.68. The van der Waals surface area contributed by atoms with Crippen molar-refractivity contribution in [1.29, 1.82) is 0 Å². The highest BCUT2D eigenvalue weighted by molar-refractivity contribution is 5.74. The van der Waals surface area contributed by atoms with E-state index in [2.05, 4.69) is 15.7 Å². The normalized spacial score (nSPS) is 12.5. The van der Waals surface area contributed by atoms with Crippen LogP contribution in [0.25, 0.3) is 0 Å². The zero-order valence-electron chi connectivity index (χ0n) is 9.40. The summed E-state index contributed by atoms with van der Waals surface area (Å²) in [6, 6.07) is 1.94. The lowest BCUT2D eigenvalue weighted by atomic mass is 10.3. The van der Waals surface area contributed by atoms with Gasteiger partial charge in [-0.05, 0) is 26.8 Å². The Morgan fingerprint density at radius 3 is 2.67 bits per heavy atom. The standard InChI is InChI=1S/C10H18N4O/c1-8(2)12-10(15)13-9(3)7-14-6-4-5-11-14/h4-6,8-9H,7H2,1-3H3,(H2,12,13,15). The number of carbonyl (C=O) groups is 1. The Labute approximate surface area is 89.9 Å². The van der Waals surface area contributed by atoms with Crippen LogP contribution in [0.5, 0.6) is 0 Å². The first kappa shape index (κ1) is 11.6. The van der Waals surface area contributed by atoms with Crippen LogP contribution in [0.1, 0.15) is 20.8 Å². The highest BCUT2D eigenvalue weighted by Crippen LogP contribution is 1.90. The van der Waals surface area contributed by atoms with Gasteiger partial charge in [0.1, 0.15) is 0 Å². The molecule has 1 unspecified atom stereocenters. The Kier molecular flexibility index (Phi) is 4.15. The van der Waals surface area contributed by atoms with E-state index in [1.54, 1.807) is 10.9 Å². The van der Waals surface area contributed by atoms with Crippen molar-refractivity contribution in [3.63, 3.8) is 0 Å². The van der Waals surface area contributed by atoms with Crippen molar-refractivity contribution in [3.8, 4) is 0 Å². The molecule has 0 bridgehead atoms. The highest BCUT2D eigenvalue weighted by Gasteiger charge is 2.08. The molecule has 1 aromatic rings. The number of rotatable bonds is 4. The van der Waals surface area contributed by atoms with Crippen LogP contribution in [-0.4, -0.2) is 27.9 Å². The molecular weight excluding hydrogens is 192 g/mol. The van der Waals surface area contributed by atoms with Gasteiger partial charge in [0.15, 0.2) is 0 Å². The molecule has 1 heterocycles. The van der Waals surface area contributed by atoms with Gasteiger partial charge in [-0.15, -0.1) is 0 Å². The Morgan fingerprint density at radius 1 is 1.40 bits per heavy atom. The van der Waals surface area contributed by atoms with E-state index in [1.807, 2.05) is 33.0 Å². The Morgan fingerprint density at radius 2 is 2.13 bits per heavy atom. The van der Waals surface area contributed by atoms with Gasteiger partial charge in [0.05, 0.1) is 6.54 Å². The highest BCUT2D eigenvalue weighted by atomic mass is 16.2. The summed E-state index contributed by atoms with van der Waals surface area (Å²) >= 11 is 0. The van der Waals surface area contributed by atoms with E-state index in [1.165, 1.54) is 0 Å². The Balaban J connectivity index is 2.29. The molecule has 5 heteroatoms.